The number of aryl methyl sites for hydroxylation is 1. The maximum Gasteiger partial charge on any atom is 0.222 e. The van der Waals surface area contributed by atoms with Crippen LogP contribution in [0.25, 0.3) is 10.9 Å². The number of aromatic nitrogens is 1. The molecule has 2 N–H and O–H groups in total. The summed E-state index contributed by atoms with van der Waals surface area (Å²) in [4.78, 5) is 29.3. The Balaban J connectivity index is 1.28. The Hall–Kier alpha value is -2.30. The van der Waals surface area contributed by atoms with Gasteiger partial charge in [0.1, 0.15) is 0 Å². The number of amides is 2. The highest BCUT2D eigenvalue weighted by atomic mass is 16.2. The average Bonchev–Trinajstić information content (AvgIpc) is 3.33. The second kappa shape index (κ2) is 7.75. The summed E-state index contributed by atoms with van der Waals surface area (Å²) in [5.74, 6) is 0.875. The van der Waals surface area contributed by atoms with Gasteiger partial charge < -0.3 is 15.2 Å². The molecule has 2 amide bonds. The minimum Gasteiger partial charge on any atom is -0.358 e. The fourth-order valence-corrected chi connectivity index (χ4v) is 4.87. The quantitative estimate of drug-likeness (QED) is 0.819. The number of hydrogen-bond acceptors (Lipinski definition) is 2. The lowest BCUT2D eigenvalue weighted by atomic mass is 9.94. The summed E-state index contributed by atoms with van der Waals surface area (Å²) >= 11 is 0. The van der Waals surface area contributed by atoms with Gasteiger partial charge >= 0.3 is 0 Å². The van der Waals surface area contributed by atoms with Crippen molar-refractivity contribution < 1.29 is 9.59 Å². The van der Waals surface area contributed by atoms with E-state index < -0.39 is 0 Å². The van der Waals surface area contributed by atoms with Gasteiger partial charge in [-0.3, -0.25) is 9.59 Å². The molecule has 2 heterocycles. The van der Waals surface area contributed by atoms with Crippen LogP contribution in [0, 0.1) is 6.92 Å². The molecule has 2 fully saturated rings. The first-order valence-corrected chi connectivity index (χ1v) is 10.3. The lowest BCUT2D eigenvalue weighted by Gasteiger charge is -2.16. The molecule has 1 aliphatic heterocycles. The van der Waals surface area contributed by atoms with Gasteiger partial charge in [-0.05, 0) is 56.6 Å². The van der Waals surface area contributed by atoms with Crippen LogP contribution in [-0.4, -0.2) is 40.8 Å². The number of carbonyl (C=O) groups excluding carboxylic acids is 2. The van der Waals surface area contributed by atoms with Crippen LogP contribution in [0.3, 0.4) is 0 Å². The topological polar surface area (TPSA) is 65.2 Å². The molecular weight excluding hydrogens is 338 g/mol. The zero-order chi connectivity index (χ0) is 18.8. The van der Waals surface area contributed by atoms with Gasteiger partial charge in [0.05, 0.1) is 0 Å². The van der Waals surface area contributed by atoms with Crippen molar-refractivity contribution in [3.63, 3.8) is 0 Å². The fraction of sp³-hybridized carbons (Fsp3) is 0.545. The molecule has 0 bridgehead atoms. The molecule has 1 saturated carbocycles. The molecule has 2 aliphatic rings. The molecule has 0 radical (unpaired) electrons. The van der Waals surface area contributed by atoms with Crippen molar-refractivity contribution >= 4 is 22.7 Å². The summed E-state index contributed by atoms with van der Waals surface area (Å²) in [7, 11) is 0. The summed E-state index contributed by atoms with van der Waals surface area (Å²) in [5, 5.41) is 4.54. The number of rotatable bonds is 6. The number of hydrogen-bond donors (Lipinski definition) is 2. The third-order valence-corrected chi connectivity index (χ3v) is 6.15. The molecule has 4 rings (SSSR count). The average molecular weight is 367 g/mol. The molecule has 0 unspecified atom stereocenters. The third kappa shape index (κ3) is 3.87. The van der Waals surface area contributed by atoms with Gasteiger partial charge in [0.25, 0.3) is 0 Å². The van der Waals surface area contributed by atoms with E-state index in [9.17, 15) is 9.59 Å². The number of H-pyrrole nitrogens is 1. The van der Waals surface area contributed by atoms with Gasteiger partial charge in [0.2, 0.25) is 11.8 Å². The monoisotopic (exact) mass is 367 g/mol. The second-order valence-electron chi connectivity index (χ2n) is 8.07. The number of aromatic amines is 1. The van der Waals surface area contributed by atoms with E-state index in [1.54, 1.807) is 0 Å². The summed E-state index contributed by atoms with van der Waals surface area (Å²) in [5.41, 5.74) is 3.88. The molecule has 1 aromatic heterocycles. The van der Waals surface area contributed by atoms with E-state index in [1.165, 1.54) is 22.2 Å². The molecule has 5 nitrogen and oxygen atoms in total. The number of likely N-dealkylation sites (tertiary alicyclic amines) is 1. The van der Waals surface area contributed by atoms with Crippen molar-refractivity contribution in [2.75, 3.05) is 13.1 Å². The van der Waals surface area contributed by atoms with Crippen LogP contribution in [-0.2, 0) is 9.59 Å². The Kier molecular flexibility index (Phi) is 5.19. The Bertz CT molecular complexity index is 841. The Labute approximate surface area is 160 Å². The number of para-hydroxylation sites is 1. The van der Waals surface area contributed by atoms with Crippen LogP contribution in [0.15, 0.2) is 24.3 Å². The van der Waals surface area contributed by atoms with Crippen molar-refractivity contribution in [1.82, 2.24) is 15.2 Å². The molecular formula is C22H29N3O2. The maximum atomic E-state index is 12.3. The molecule has 2 atom stereocenters. The van der Waals surface area contributed by atoms with Gasteiger partial charge in [-0.1, -0.05) is 18.2 Å². The summed E-state index contributed by atoms with van der Waals surface area (Å²) in [6, 6.07) is 8.75. The summed E-state index contributed by atoms with van der Waals surface area (Å²) in [6.45, 7) is 3.73. The smallest absolute Gasteiger partial charge is 0.222 e. The van der Waals surface area contributed by atoms with Crippen molar-refractivity contribution in [3.8, 4) is 0 Å². The molecule has 1 aromatic carbocycles. The number of nitrogens with one attached hydrogen (secondary N) is 2. The molecule has 5 heteroatoms. The molecule has 0 spiro atoms. The van der Waals surface area contributed by atoms with E-state index in [1.807, 2.05) is 4.90 Å². The van der Waals surface area contributed by atoms with Gasteiger partial charge in [-0.15, -0.1) is 0 Å². The highest BCUT2D eigenvalue weighted by Gasteiger charge is 2.29. The minimum absolute atomic E-state index is 0.128. The van der Waals surface area contributed by atoms with Crippen LogP contribution in [0.5, 0.6) is 0 Å². The first-order valence-electron chi connectivity index (χ1n) is 10.3. The van der Waals surface area contributed by atoms with E-state index in [0.717, 1.165) is 38.6 Å². The second-order valence-corrected chi connectivity index (χ2v) is 8.07. The third-order valence-electron chi connectivity index (χ3n) is 6.15. The van der Waals surface area contributed by atoms with Crippen LogP contribution in [0.4, 0.5) is 0 Å². The van der Waals surface area contributed by atoms with Gasteiger partial charge in [0, 0.05) is 48.6 Å². The minimum atomic E-state index is 0.128. The van der Waals surface area contributed by atoms with E-state index in [-0.39, 0.29) is 17.9 Å². The number of benzene rings is 1. The Morgan fingerprint density at radius 1 is 1.30 bits per heavy atom. The molecule has 1 aliphatic carbocycles. The highest BCUT2D eigenvalue weighted by molar-refractivity contribution is 5.85. The molecule has 1 saturated heterocycles. The fourth-order valence-electron chi connectivity index (χ4n) is 4.87. The summed E-state index contributed by atoms with van der Waals surface area (Å²) in [6.07, 6.45) is 6.08. The van der Waals surface area contributed by atoms with Crippen molar-refractivity contribution in [1.29, 1.82) is 0 Å². The van der Waals surface area contributed by atoms with Crippen LogP contribution in [0.2, 0.25) is 0 Å². The number of fused-ring (bicyclic) bond motifs is 1. The van der Waals surface area contributed by atoms with Crippen LogP contribution < -0.4 is 5.32 Å². The van der Waals surface area contributed by atoms with Crippen LogP contribution in [0.1, 0.15) is 62.1 Å². The van der Waals surface area contributed by atoms with Gasteiger partial charge in [-0.25, -0.2) is 0 Å². The first-order chi connectivity index (χ1) is 13.1. The van der Waals surface area contributed by atoms with E-state index in [0.29, 0.717) is 25.3 Å². The predicted octanol–water partition coefficient (Wildman–Crippen LogP) is 3.63. The SMILES string of the molecule is Cc1[nH]c2ccccc2c1[C@H]1CC[C@@H](NC(=O)CCCN2CCCC2=O)C1. The molecule has 2 aromatic rings. The Morgan fingerprint density at radius 3 is 2.96 bits per heavy atom. The number of nitrogens with zero attached hydrogens (tertiary/aromatic N) is 1. The molecule has 144 valence electrons. The standard InChI is InChI=1S/C22H29N3O2/c1-15-22(18-6-2-3-7-19(18)23-15)16-10-11-17(14-16)24-20(26)8-4-12-25-13-5-9-21(25)27/h2-3,6-7,16-17,23H,4-5,8-14H2,1H3,(H,24,26)/t16-,17+/m0/s1. The molecule has 27 heavy (non-hydrogen) atoms. The number of carbonyl (C=O) groups is 2. The largest absolute Gasteiger partial charge is 0.358 e. The predicted molar refractivity (Wildman–Crippen MR) is 107 cm³/mol. The first kappa shape index (κ1) is 18.1. The zero-order valence-electron chi connectivity index (χ0n) is 16.1. The van der Waals surface area contributed by atoms with Gasteiger partial charge in [0.15, 0.2) is 0 Å². The van der Waals surface area contributed by atoms with Crippen molar-refractivity contribution in [2.24, 2.45) is 0 Å². The van der Waals surface area contributed by atoms with E-state index >= 15 is 0 Å². The van der Waals surface area contributed by atoms with E-state index in [2.05, 4.69) is 41.5 Å². The zero-order valence-corrected chi connectivity index (χ0v) is 16.1. The van der Waals surface area contributed by atoms with Crippen molar-refractivity contribution in [3.05, 3.63) is 35.5 Å². The van der Waals surface area contributed by atoms with Gasteiger partial charge in [-0.2, -0.15) is 0 Å². The maximum absolute atomic E-state index is 12.3. The van der Waals surface area contributed by atoms with Crippen LogP contribution >= 0.6 is 0 Å². The normalized spacial score (nSPS) is 22.7. The van der Waals surface area contributed by atoms with E-state index in [4.69, 9.17) is 0 Å². The summed E-state index contributed by atoms with van der Waals surface area (Å²) < 4.78 is 0. The lowest BCUT2D eigenvalue weighted by molar-refractivity contribution is -0.128. The highest BCUT2D eigenvalue weighted by Crippen LogP contribution is 2.39. The van der Waals surface area contributed by atoms with Crippen molar-refractivity contribution in [2.45, 2.75) is 63.8 Å². The lowest BCUT2D eigenvalue weighted by Crippen LogP contribution is -2.33. The Morgan fingerprint density at radius 2 is 2.15 bits per heavy atom.